The smallest absolute Gasteiger partial charge is 0.191 e. The molecule has 0 bridgehead atoms. The molecular weight excluding hydrogens is 332 g/mol. The van der Waals surface area contributed by atoms with Crippen molar-refractivity contribution in [3.05, 3.63) is 45.9 Å². The molecule has 1 heterocycles. The van der Waals surface area contributed by atoms with Gasteiger partial charge in [0.2, 0.25) is 0 Å². The van der Waals surface area contributed by atoms with Crippen molar-refractivity contribution in [3.8, 4) is 5.75 Å². The standard InChI is InChI=1S/C19H28N4OS/c1-5-15-13-22-18(25-15)10-11-21-19(20-3)23-12-14(2)16-8-6-7-9-17(16)24-4/h6-9,13-14H,5,10-12H2,1-4H3,(H2,20,21,23). The molecule has 1 aromatic heterocycles. The van der Waals surface area contributed by atoms with Crippen LogP contribution in [0.4, 0.5) is 0 Å². The Balaban J connectivity index is 1.79. The first kappa shape index (κ1) is 19.2. The summed E-state index contributed by atoms with van der Waals surface area (Å²) >= 11 is 1.79. The minimum atomic E-state index is 0.320. The van der Waals surface area contributed by atoms with Crippen LogP contribution in [0.3, 0.4) is 0 Å². The number of methoxy groups -OCH3 is 1. The number of ether oxygens (including phenoxy) is 1. The van der Waals surface area contributed by atoms with Gasteiger partial charge < -0.3 is 15.4 Å². The zero-order chi connectivity index (χ0) is 18.1. The number of nitrogens with zero attached hydrogens (tertiary/aromatic N) is 2. The number of benzene rings is 1. The van der Waals surface area contributed by atoms with E-state index in [0.717, 1.165) is 37.6 Å². The van der Waals surface area contributed by atoms with Gasteiger partial charge in [0.05, 0.1) is 12.1 Å². The Hall–Kier alpha value is -2.08. The molecule has 2 rings (SSSR count). The molecule has 2 N–H and O–H groups in total. The molecule has 2 aromatic rings. The average Bonchev–Trinajstić information content (AvgIpc) is 3.12. The highest BCUT2D eigenvalue weighted by Gasteiger charge is 2.11. The highest BCUT2D eigenvalue weighted by atomic mass is 32.1. The van der Waals surface area contributed by atoms with E-state index in [0.29, 0.717) is 5.92 Å². The minimum absolute atomic E-state index is 0.320. The van der Waals surface area contributed by atoms with Gasteiger partial charge in [-0.25, -0.2) is 4.98 Å². The molecule has 0 aliphatic rings. The van der Waals surface area contributed by atoms with Gasteiger partial charge in [-0.1, -0.05) is 32.0 Å². The summed E-state index contributed by atoms with van der Waals surface area (Å²) < 4.78 is 5.45. The second kappa shape index (κ2) is 10.0. The summed E-state index contributed by atoms with van der Waals surface area (Å²) in [5.74, 6) is 2.06. The van der Waals surface area contributed by atoms with Crippen LogP contribution in [0.1, 0.15) is 35.2 Å². The van der Waals surface area contributed by atoms with E-state index in [2.05, 4.69) is 40.5 Å². The van der Waals surface area contributed by atoms with Crippen molar-refractivity contribution in [1.82, 2.24) is 15.6 Å². The van der Waals surface area contributed by atoms with Crippen molar-refractivity contribution in [2.24, 2.45) is 4.99 Å². The Kier molecular flexibility index (Phi) is 7.73. The van der Waals surface area contributed by atoms with Crippen LogP contribution in [0, 0.1) is 0 Å². The summed E-state index contributed by atoms with van der Waals surface area (Å²) in [6, 6.07) is 8.14. The Labute approximate surface area is 154 Å². The zero-order valence-corrected chi connectivity index (χ0v) is 16.3. The Morgan fingerprint density at radius 3 is 2.80 bits per heavy atom. The topological polar surface area (TPSA) is 58.5 Å². The Bertz CT molecular complexity index is 684. The summed E-state index contributed by atoms with van der Waals surface area (Å²) in [5, 5.41) is 7.91. The molecule has 136 valence electrons. The van der Waals surface area contributed by atoms with E-state index in [1.807, 2.05) is 24.4 Å². The lowest BCUT2D eigenvalue weighted by atomic mass is 10.0. The number of nitrogens with one attached hydrogen (secondary N) is 2. The number of rotatable bonds is 8. The lowest BCUT2D eigenvalue weighted by Gasteiger charge is -2.18. The van der Waals surface area contributed by atoms with Crippen LogP contribution in [0.2, 0.25) is 0 Å². The van der Waals surface area contributed by atoms with Crippen LogP contribution in [0.15, 0.2) is 35.5 Å². The Morgan fingerprint density at radius 1 is 1.32 bits per heavy atom. The van der Waals surface area contributed by atoms with Crippen molar-refractivity contribution < 1.29 is 4.74 Å². The summed E-state index contributed by atoms with van der Waals surface area (Å²) in [4.78, 5) is 10.1. The fourth-order valence-corrected chi connectivity index (χ4v) is 3.43. The summed E-state index contributed by atoms with van der Waals surface area (Å²) in [7, 11) is 3.50. The molecule has 1 unspecified atom stereocenters. The molecule has 0 saturated carbocycles. The van der Waals surface area contributed by atoms with Crippen LogP contribution in [0.25, 0.3) is 0 Å². The van der Waals surface area contributed by atoms with E-state index in [-0.39, 0.29) is 0 Å². The van der Waals surface area contributed by atoms with Crippen LogP contribution in [-0.2, 0) is 12.8 Å². The average molecular weight is 361 g/mol. The highest BCUT2D eigenvalue weighted by molar-refractivity contribution is 7.11. The molecule has 0 aliphatic carbocycles. The van der Waals surface area contributed by atoms with E-state index < -0.39 is 0 Å². The third-order valence-corrected chi connectivity index (χ3v) is 5.25. The molecular formula is C19H28N4OS. The van der Waals surface area contributed by atoms with Crippen molar-refractivity contribution >= 4 is 17.3 Å². The fourth-order valence-electron chi connectivity index (χ4n) is 2.57. The lowest BCUT2D eigenvalue weighted by Crippen LogP contribution is -2.39. The second-order valence-electron chi connectivity index (χ2n) is 5.85. The van der Waals surface area contributed by atoms with Gasteiger partial charge in [0.1, 0.15) is 5.75 Å². The summed E-state index contributed by atoms with van der Waals surface area (Å²) in [5.41, 5.74) is 1.20. The SMILES string of the molecule is CCc1cnc(CCNC(=NC)NCC(C)c2ccccc2OC)s1. The number of hydrogen-bond acceptors (Lipinski definition) is 4. The molecule has 6 heteroatoms. The van der Waals surface area contributed by atoms with Gasteiger partial charge in [-0.15, -0.1) is 11.3 Å². The number of hydrogen-bond donors (Lipinski definition) is 2. The number of aryl methyl sites for hydroxylation is 1. The van der Waals surface area contributed by atoms with Gasteiger partial charge >= 0.3 is 0 Å². The molecule has 0 spiro atoms. The van der Waals surface area contributed by atoms with E-state index in [1.54, 1.807) is 25.5 Å². The van der Waals surface area contributed by atoms with E-state index in [4.69, 9.17) is 4.74 Å². The maximum Gasteiger partial charge on any atom is 0.191 e. The first-order valence-electron chi connectivity index (χ1n) is 8.68. The van der Waals surface area contributed by atoms with Gasteiger partial charge in [-0.3, -0.25) is 4.99 Å². The van der Waals surface area contributed by atoms with Crippen LogP contribution >= 0.6 is 11.3 Å². The number of guanidine groups is 1. The van der Waals surface area contributed by atoms with Crippen LogP contribution in [-0.4, -0.2) is 38.2 Å². The lowest BCUT2D eigenvalue weighted by molar-refractivity contribution is 0.406. The monoisotopic (exact) mass is 360 g/mol. The largest absolute Gasteiger partial charge is 0.496 e. The van der Waals surface area contributed by atoms with E-state index >= 15 is 0 Å². The van der Waals surface area contributed by atoms with Gasteiger partial charge in [-0.05, 0) is 18.1 Å². The van der Waals surface area contributed by atoms with E-state index in [9.17, 15) is 0 Å². The van der Waals surface area contributed by atoms with Crippen molar-refractivity contribution in [1.29, 1.82) is 0 Å². The molecule has 1 atom stereocenters. The number of thiazole rings is 1. The van der Waals surface area contributed by atoms with Gasteiger partial charge in [-0.2, -0.15) is 0 Å². The maximum atomic E-state index is 5.45. The van der Waals surface area contributed by atoms with Crippen LogP contribution < -0.4 is 15.4 Å². The second-order valence-corrected chi connectivity index (χ2v) is 7.05. The van der Waals surface area contributed by atoms with E-state index in [1.165, 1.54) is 15.4 Å². The fraction of sp³-hybridized carbons (Fsp3) is 0.474. The molecule has 0 radical (unpaired) electrons. The maximum absolute atomic E-state index is 5.45. The third-order valence-electron chi connectivity index (χ3n) is 4.05. The first-order valence-corrected chi connectivity index (χ1v) is 9.50. The molecule has 0 aliphatic heterocycles. The Morgan fingerprint density at radius 2 is 2.12 bits per heavy atom. The molecule has 5 nitrogen and oxygen atoms in total. The molecule has 1 aromatic carbocycles. The highest BCUT2D eigenvalue weighted by Crippen LogP contribution is 2.25. The quantitative estimate of drug-likeness (QED) is 0.560. The van der Waals surface area contributed by atoms with Crippen molar-refractivity contribution in [3.63, 3.8) is 0 Å². The zero-order valence-electron chi connectivity index (χ0n) is 15.5. The van der Waals surface area contributed by atoms with Crippen LogP contribution in [0.5, 0.6) is 5.75 Å². The molecule has 0 fully saturated rings. The van der Waals surface area contributed by atoms with Crippen molar-refractivity contribution in [2.45, 2.75) is 32.6 Å². The van der Waals surface area contributed by atoms with Gasteiger partial charge in [0.15, 0.2) is 5.96 Å². The van der Waals surface area contributed by atoms with Crippen molar-refractivity contribution in [2.75, 3.05) is 27.2 Å². The minimum Gasteiger partial charge on any atom is -0.496 e. The predicted molar refractivity (Wildman–Crippen MR) is 106 cm³/mol. The number of aromatic nitrogens is 1. The molecule has 0 amide bonds. The molecule has 0 saturated heterocycles. The number of para-hydroxylation sites is 1. The summed E-state index contributed by atoms with van der Waals surface area (Å²) in [6.07, 6.45) is 3.94. The third kappa shape index (κ3) is 5.74. The predicted octanol–water partition coefficient (Wildman–Crippen LogP) is 3.23. The molecule has 25 heavy (non-hydrogen) atoms. The normalized spacial score (nSPS) is 12.7. The first-order chi connectivity index (χ1) is 12.2. The number of aliphatic imine (C=N–C) groups is 1. The van der Waals surface area contributed by atoms with Gasteiger partial charge in [0, 0.05) is 43.5 Å². The van der Waals surface area contributed by atoms with Gasteiger partial charge in [0.25, 0.3) is 0 Å². The summed E-state index contributed by atoms with van der Waals surface area (Å²) in [6.45, 7) is 5.95.